The van der Waals surface area contributed by atoms with Gasteiger partial charge in [-0.05, 0) is 83.0 Å². The highest BCUT2D eigenvalue weighted by atomic mass is 15.2. The Morgan fingerprint density at radius 2 is 1.94 bits per heavy atom. The van der Waals surface area contributed by atoms with Crippen LogP contribution in [0.2, 0.25) is 0 Å². The molecule has 1 saturated carbocycles. The molecule has 1 N–H and O–H groups in total. The summed E-state index contributed by atoms with van der Waals surface area (Å²) < 4.78 is 0. The predicted molar refractivity (Wildman–Crippen MR) is 76.8 cm³/mol. The van der Waals surface area contributed by atoms with E-state index < -0.39 is 0 Å². The van der Waals surface area contributed by atoms with Crippen LogP contribution in [0.5, 0.6) is 0 Å². The van der Waals surface area contributed by atoms with E-state index in [1.165, 1.54) is 84.0 Å². The summed E-state index contributed by atoms with van der Waals surface area (Å²) in [4.78, 5) is 2.83. The van der Waals surface area contributed by atoms with Gasteiger partial charge in [0.15, 0.2) is 0 Å². The van der Waals surface area contributed by atoms with Gasteiger partial charge >= 0.3 is 0 Å². The van der Waals surface area contributed by atoms with Crippen LogP contribution in [-0.2, 0) is 0 Å². The van der Waals surface area contributed by atoms with Crippen LogP contribution in [0.4, 0.5) is 0 Å². The van der Waals surface area contributed by atoms with Crippen molar-refractivity contribution >= 4 is 0 Å². The highest BCUT2D eigenvalue weighted by molar-refractivity contribution is 4.89. The lowest BCUT2D eigenvalue weighted by atomic mass is 9.85. The molecule has 3 fully saturated rings. The monoisotopic (exact) mass is 250 g/mol. The Kier molecular flexibility index (Phi) is 4.58. The lowest BCUT2D eigenvalue weighted by Gasteiger charge is -2.32. The van der Waals surface area contributed by atoms with Gasteiger partial charge in [-0.25, -0.2) is 0 Å². The average molecular weight is 250 g/mol. The Labute approximate surface area is 113 Å². The van der Waals surface area contributed by atoms with E-state index in [4.69, 9.17) is 0 Å². The van der Waals surface area contributed by atoms with Crippen molar-refractivity contribution in [3.63, 3.8) is 0 Å². The second kappa shape index (κ2) is 6.38. The minimum atomic E-state index is 0.975. The summed E-state index contributed by atoms with van der Waals surface area (Å²) in [6.45, 7) is 5.33. The van der Waals surface area contributed by atoms with Crippen molar-refractivity contribution in [3.8, 4) is 0 Å². The number of hydrogen-bond donors (Lipinski definition) is 1. The van der Waals surface area contributed by atoms with E-state index in [0.717, 1.165) is 17.9 Å². The van der Waals surface area contributed by atoms with Crippen molar-refractivity contribution in [3.05, 3.63) is 0 Å². The third-order valence-electron chi connectivity index (χ3n) is 5.58. The predicted octanol–water partition coefficient (Wildman–Crippen LogP) is 3.03. The SMILES string of the molecule is C1CNCC(CCCN2CCC3CCCCC32)C1. The number of hydrogen-bond acceptors (Lipinski definition) is 2. The van der Waals surface area contributed by atoms with E-state index in [0.29, 0.717) is 0 Å². The molecule has 0 amide bonds. The Bertz CT molecular complexity index is 247. The summed E-state index contributed by atoms with van der Waals surface area (Å²) in [5.74, 6) is 2.04. The van der Waals surface area contributed by atoms with Crippen molar-refractivity contribution in [2.75, 3.05) is 26.2 Å². The van der Waals surface area contributed by atoms with Crippen LogP contribution in [0, 0.1) is 11.8 Å². The molecule has 0 bridgehead atoms. The molecule has 2 heterocycles. The normalized spacial score (nSPS) is 37.7. The first-order valence-electron chi connectivity index (χ1n) is 8.38. The number of likely N-dealkylation sites (tertiary alicyclic amines) is 1. The summed E-state index contributed by atoms with van der Waals surface area (Å²) in [5, 5.41) is 3.54. The molecule has 3 rings (SSSR count). The fraction of sp³-hybridized carbons (Fsp3) is 1.00. The quantitative estimate of drug-likeness (QED) is 0.825. The fourth-order valence-electron chi connectivity index (χ4n) is 4.53. The third-order valence-corrected chi connectivity index (χ3v) is 5.58. The first kappa shape index (κ1) is 12.9. The van der Waals surface area contributed by atoms with Crippen molar-refractivity contribution in [1.29, 1.82) is 0 Å². The molecule has 2 saturated heterocycles. The van der Waals surface area contributed by atoms with Crippen LogP contribution in [0.25, 0.3) is 0 Å². The van der Waals surface area contributed by atoms with Crippen LogP contribution in [0.3, 0.4) is 0 Å². The fourth-order valence-corrected chi connectivity index (χ4v) is 4.53. The first-order chi connectivity index (χ1) is 8.93. The molecule has 1 aliphatic carbocycles. The summed E-state index contributed by atoms with van der Waals surface area (Å²) >= 11 is 0. The molecule has 0 aromatic heterocycles. The molecule has 18 heavy (non-hydrogen) atoms. The van der Waals surface area contributed by atoms with Gasteiger partial charge in [-0.1, -0.05) is 12.8 Å². The summed E-state index contributed by atoms with van der Waals surface area (Å²) in [6, 6.07) is 0.975. The standard InChI is InChI=1S/C16H30N2/c1-2-8-16-15(7-1)9-12-18(16)11-4-6-14-5-3-10-17-13-14/h14-17H,1-13H2. The van der Waals surface area contributed by atoms with Crippen molar-refractivity contribution in [2.24, 2.45) is 11.8 Å². The maximum absolute atomic E-state index is 3.54. The maximum Gasteiger partial charge on any atom is 0.0124 e. The van der Waals surface area contributed by atoms with E-state index >= 15 is 0 Å². The summed E-state index contributed by atoms with van der Waals surface area (Å²) in [5.41, 5.74) is 0. The largest absolute Gasteiger partial charge is 0.316 e. The molecule has 3 aliphatic rings. The molecule has 0 aromatic carbocycles. The number of nitrogens with one attached hydrogen (secondary N) is 1. The van der Waals surface area contributed by atoms with Crippen molar-refractivity contribution in [2.45, 2.75) is 63.8 Å². The Balaban J connectivity index is 1.37. The Hall–Kier alpha value is -0.0800. The van der Waals surface area contributed by atoms with Gasteiger partial charge in [-0.2, -0.15) is 0 Å². The van der Waals surface area contributed by atoms with Gasteiger partial charge in [0.1, 0.15) is 0 Å². The van der Waals surface area contributed by atoms with Gasteiger partial charge < -0.3 is 10.2 Å². The molecular formula is C16H30N2. The molecule has 0 aromatic rings. The van der Waals surface area contributed by atoms with Crippen LogP contribution in [-0.4, -0.2) is 37.1 Å². The summed E-state index contributed by atoms with van der Waals surface area (Å²) in [6.07, 6.45) is 13.3. The first-order valence-corrected chi connectivity index (χ1v) is 8.38. The van der Waals surface area contributed by atoms with Crippen LogP contribution in [0.1, 0.15) is 57.8 Å². The molecule has 104 valence electrons. The van der Waals surface area contributed by atoms with Gasteiger partial charge in [0.05, 0.1) is 0 Å². The zero-order valence-corrected chi connectivity index (χ0v) is 11.9. The molecule has 2 nitrogen and oxygen atoms in total. The molecule has 2 heteroatoms. The van der Waals surface area contributed by atoms with Crippen LogP contribution < -0.4 is 5.32 Å². The molecule has 3 unspecified atom stereocenters. The third kappa shape index (κ3) is 3.08. The Morgan fingerprint density at radius 1 is 1.00 bits per heavy atom. The molecule has 3 atom stereocenters. The molecule has 0 spiro atoms. The molecule has 0 radical (unpaired) electrons. The van der Waals surface area contributed by atoms with E-state index in [9.17, 15) is 0 Å². The van der Waals surface area contributed by atoms with Crippen LogP contribution >= 0.6 is 0 Å². The minimum absolute atomic E-state index is 0.975. The van der Waals surface area contributed by atoms with E-state index in [-0.39, 0.29) is 0 Å². The topological polar surface area (TPSA) is 15.3 Å². The Morgan fingerprint density at radius 3 is 2.83 bits per heavy atom. The van der Waals surface area contributed by atoms with E-state index in [2.05, 4.69) is 10.2 Å². The second-order valence-electron chi connectivity index (χ2n) is 6.79. The maximum atomic E-state index is 3.54. The van der Waals surface area contributed by atoms with Gasteiger partial charge in [-0.3, -0.25) is 0 Å². The highest BCUT2D eigenvalue weighted by Crippen LogP contribution is 2.36. The van der Waals surface area contributed by atoms with Gasteiger partial charge in [-0.15, -0.1) is 0 Å². The highest BCUT2D eigenvalue weighted by Gasteiger charge is 2.34. The van der Waals surface area contributed by atoms with E-state index in [1.54, 1.807) is 0 Å². The second-order valence-corrected chi connectivity index (χ2v) is 6.79. The lowest BCUT2D eigenvalue weighted by Crippen LogP contribution is -2.36. The van der Waals surface area contributed by atoms with Crippen LogP contribution in [0.15, 0.2) is 0 Å². The molecule has 2 aliphatic heterocycles. The van der Waals surface area contributed by atoms with Crippen molar-refractivity contribution < 1.29 is 0 Å². The van der Waals surface area contributed by atoms with E-state index in [1.807, 2.05) is 0 Å². The lowest BCUT2D eigenvalue weighted by molar-refractivity contribution is 0.175. The van der Waals surface area contributed by atoms with Crippen molar-refractivity contribution in [1.82, 2.24) is 10.2 Å². The smallest absolute Gasteiger partial charge is 0.0124 e. The zero-order valence-electron chi connectivity index (χ0n) is 11.9. The van der Waals surface area contributed by atoms with Gasteiger partial charge in [0, 0.05) is 6.04 Å². The minimum Gasteiger partial charge on any atom is -0.316 e. The van der Waals surface area contributed by atoms with Gasteiger partial charge in [0.2, 0.25) is 0 Å². The number of rotatable bonds is 4. The molecular weight excluding hydrogens is 220 g/mol. The zero-order chi connectivity index (χ0) is 12.2. The number of nitrogens with zero attached hydrogens (tertiary/aromatic N) is 1. The summed E-state index contributed by atoms with van der Waals surface area (Å²) in [7, 11) is 0. The average Bonchev–Trinajstić information content (AvgIpc) is 2.84. The van der Waals surface area contributed by atoms with Gasteiger partial charge in [0.25, 0.3) is 0 Å². The number of piperidine rings is 1. The number of fused-ring (bicyclic) bond motifs is 1.